The van der Waals surface area contributed by atoms with Gasteiger partial charge in [0.05, 0.1) is 11.9 Å². The summed E-state index contributed by atoms with van der Waals surface area (Å²) in [6.45, 7) is 0. The topological polar surface area (TPSA) is 112 Å². The maximum Gasteiger partial charge on any atom is 0.247 e. The fraction of sp³-hybridized carbons (Fsp3) is 0.364. The number of hydrogen-bond acceptors (Lipinski definition) is 6. The molecule has 1 aliphatic rings. The highest BCUT2D eigenvalue weighted by molar-refractivity contribution is 7.94. The Balaban J connectivity index is 2.48. The summed E-state index contributed by atoms with van der Waals surface area (Å²) >= 11 is 0.723. The van der Waals surface area contributed by atoms with E-state index in [4.69, 9.17) is 5.14 Å². The average Bonchev–Trinajstić information content (AvgIpc) is 2.88. The molecule has 0 bridgehead atoms. The smallest absolute Gasteiger partial charge is 0.247 e. The maximum atomic E-state index is 12.0. The quantitative estimate of drug-likeness (QED) is 0.839. The van der Waals surface area contributed by atoms with Gasteiger partial charge in [-0.15, -0.1) is 11.3 Å². The first-order chi connectivity index (χ1) is 9.60. The van der Waals surface area contributed by atoms with Gasteiger partial charge in [-0.3, -0.25) is 4.68 Å². The molecule has 0 unspecified atom stereocenters. The fourth-order valence-electron chi connectivity index (χ4n) is 2.63. The zero-order valence-electron chi connectivity index (χ0n) is 11.3. The lowest BCUT2D eigenvalue weighted by molar-refractivity contribution is 0.598. The van der Waals surface area contributed by atoms with Crippen molar-refractivity contribution in [2.45, 2.75) is 21.3 Å². The van der Waals surface area contributed by atoms with Gasteiger partial charge in [-0.05, 0) is 24.0 Å². The number of nitrogens with two attached hydrogens (primary N) is 1. The molecule has 3 rings (SSSR count). The van der Waals surface area contributed by atoms with E-state index in [1.54, 1.807) is 17.9 Å². The van der Waals surface area contributed by atoms with Crippen LogP contribution >= 0.6 is 11.3 Å². The Morgan fingerprint density at radius 3 is 2.48 bits per heavy atom. The number of aryl methyl sites for hydroxylation is 2. The van der Waals surface area contributed by atoms with Crippen LogP contribution in [0.5, 0.6) is 0 Å². The van der Waals surface area contributed by atoms with Gasteiger partial charge in [0.2, 0.25) is 10.0 Å². The summed E-state index contributed by atoms with van der Waals surface area (Å²) in [6, 6.07) is 0. The third kappa shape index (κ3) is 2.22. The van der Waals surface area contributed by atoms with Crippen molar-refractivity contribution in [3.63, 3.8) is 0 Å². The summed E-state index contributed by atoms with van der Waals surface area (Å²) < 4.78 is 49.1. The number of aromatic nitrogens is 2. The van der Waals surface area contributed by atoms with E-state index in [1.807, 2.05) is 0 Å². The molecule has 21 heavy (non-hydrogen) atoms. The Kier molecular flexibility index (Phi) is 3.07. The van der Waals surface area contributed by atoms with E-state index in [0.29, 0.717) is 29.7 Å². The van der Waals surface area contributed by atoms with Crippen molar-refractivity contribution in [3.05, 3.63) is 17.3 Å². The first-order valence-electron chi connectivity index (χ1n) is 6.00. The van der Waals surface area contributed by atoms with E-state index in [9.17, 15) is 16.8 Å². The van der Waals surface area contributed by atoms with E-state index in [-0.39, 0.29) is 8.42 Å². The molecule has 0 spiro atoms. The number of nitrogens with zero attached hydrogens (tertiary/aromatic N) is 2. The molecule has 2 aromatic heterocycles. The second-order valence-electron chi connectivity index (χ2n) is 4.99. The van der Waals surface area contributed by atoms with Gasteiger partial charge in [0.1, 0.15) is 8.42 Å². The standard InChI is InChI=1S/C11H13N3O4S3/c1-14-9-6(5-13-14)3-4-7-8(9)11(20(2,15)16)19-10(7)21(12,17)18/h5H,3-4H2,1-2H3,(H2,12,17,18). The van der Waals surface area contributed by atoms with Crippen molar-refractivity contribution in [3.8, 4) is 11.3 Å². The minimum absolute atomic E-state index is 0.0334. The number of fused-ring (bicyclic) bond motifs is 3. The summed E-state index contributed by atoms with van der Waals surface area (Å²) in [5, 5.41) is 9.37. The highest BCUT2D eigenvalue weighted by Gasteiger charge is 2.34. The molecule has 1 aliphatic carbocycles. The van der Waals surface area contributed by atoms with Crippen LogP contribution in [0.2, 0.25) is 0 Å². The molecule has 2 N–H and O–H groups in total. The molecule has 0 amide bonds. The first-order valence-corrected chi connectivity index (χ1v) is 10.3. The number of sulfonamides is 1. The van der Waals surface area contributed by atoms with Gasteiger partial charge in [-0.2, -0.15) is 5.10 Å². The molecule has 7 nitrogen and oxygen atoms in total. The third-order valence-corrected chi connectivity index (χ3v) is 8.00. The van der Waals surface area contributed by atoms with Crippen molar-refractivity contribution < 1.29 is 16.8 Å². The van der Waals surface area contributed by atoms with Crippen LogP contribution in [0.4, 0.5) is 0 Å². The Labute approximate surface area is 126 Å². The van der Waals surface area contributed by atoms with Crippen LogP contribution < -0.4 is 5.14 Å². The second kappa shape index (κ2) is 4.38. The summed E-state index contributed by atoms with van der Waals surface area (Å²) in [4.78, 5) is 0. The predicted octanol–water partition coefficient (Wildman–Crippen LogP) is 0.298. The summed E-state index contributed by atoms with van der Waals surface area (Å²) in [5.74, 6) is 0. The Hall–Kier alpha value is -1.23. The van der Waals surface area contributed by atoms with Crippen LogP contribution in [0.25, 0.3) is 11.3 Å². The predicted molar refractivity (Wildman–Crippen MR) is 78.4 cm³/mol. The number of rotatable bonds is 2. The molecule has 0 atom stereocenters. The van der Waals surface area contributed by atoms with Crippen molar-refractivity contribution in [2.24, 2.45) is 12.2 Å². The molecule has 114 valence electrons. The van der Waals surface area contributed by atoms with E-state index in [2.05, 4.69) is 5.10 Å². The average molecular weight is 347 g/mol. The summed E-state index contributed by atoms with van der Waals surface area (Å²) in [6.07, 6.45) is 3.79. The van der Waals surface area contributed by atoms with Gasteiger partial charge in [-0.25, -0.2) is 22.0 Å². The highest BCUT2D eigenvalue weighted by Crippen LogP contribution is 2.45. The number of thiophene rings is 1. The van der Waals surface area contributed by atoms with E-state index >= 15 is 0 Å². The van der Waals surface area contributed by atoms with Crippen LogP contribution in [0.3, 0.4) is 0 Å². The molecule has 0 aliphatic heterocycles. The minimum atomic E-state index is -3.96. The van der Waals surface area contributed by atoms with Gasteiger partial charge in [0, 0.05) is 18.9 Å². The number of hydrogen-bond donors (Lipinski definition) is 1. The van der Waals surface area contributed by atoms with Gasteiger partial charge < -0.3 is 0 Å². The van der Waals surface area contributed by atoms with E-state index in [0.717, 1.165) is 23.2 Å². The lowest BCUT2D eigenvalue weighted by Gasteiger charge is -2.15. The zero-order valence-corrected chi connectivity index (χ0v) is 13.8. The molecule has 2 aromatic rings. The Morgan fingerprint density at radius 2 is 1.90 bits per heavy atom. The normalized spacial score (nSPS) is 14.8. The highest BCUT2D eigenvalue weighted by atomic mass is 32.3. The molecule has 2 heterocycles. The molecule has 0 saturated carbocycles. The van der Waals surface area contributed by atoms with Crippen LogP contribution in [0, 0.1) is 0 Å². The molecule has 0 aromatic carbocycles. The van der Waals surface area contributed by atoms with Crippen LogP contribution in [-0.2, 0) is 39.7 Å². The lowest BCUT2D eigenvalue weighted by atomic mass is 9.94. The van der Waals surface area contributed by atoms with E-state index in [1.165, 1.54) is 0 Å². The van der Waals surface area contributed by atoms with Crippen molar-refractivity contribution >= 4 is 31.2 Å². The van der Waals surface area contributed by atoms with Gasteiger partial charge >= 0.3 is 0 Å². The van der Waals surface area contributed by atoms with Crippen LogP contribution in [-0.4, -0.2) is 32.9 Å². The van der Waals surface area contributed by atoms with Crippen LogP contribution in [0.15, 0.2) is 14.6 Å². The third-order valence-electron chi connectivity index (χ3n) is 3.43. The van der Waals surface area contributed by atoms with Gasteiger partial charge in [-0.1, -0.05) is 0 Å². The molecule has 0 radical (unpaired) electrons. The molecule has 10 heteroatoms. The van der Waals surface area contributed by atoms with E-state index < -0.39 is 19.9 Å². The van der Waals surface area contributed by atoms with Crippen LogP contribution in [0.1, 0.15) is 11.1 Å². The monoisotopic (exact) mass is 347 g/mol. The second-order valence-corrected chi connectivity index (χ2v) is 9.98. The SMILES string of the molecule is Cn1ncc2c1-c1c(S(C)(=O)=O)sc(S(N)(=O)=O)c1CC2. The lowest BCUT2D eigenvalue weighted by Crippen LogP contribution is -2.14. The Bertz CT molecular complexity index is 951. The van der Waals surface area contributed by atoms with Crippen molar-refractivity contribution in [2.75, 3.05) is 6.26 Å². The summed E-state index contributed by atoms with van der Waals surface area (Å²) in [7, 11) is -5.82. The zero-order chi connectivity index (χ0) is 15.6. The fourth-order valence-corrected chi connectivity index (χ4v) is 6.31. The van der Waals surface area contributed by atoms with Crippen molar-refractivity contribution in [1.29, 1.82) is 0 Å². The number of primary sulfonamides is 1. The van der Waals surface area contributed by atoms with Gasteiger partial charge in [0.15, 0.2) is 9.84 Å². The Morgan fingerprint density at radius 1 is 1.24 bits per heavy atom. The molecular weight excluding hydrogens is 334 g/mol. The molecular formula is C11H13N3O4S3. The first kappa shape index (κ1) is 14.7. The van der Waals surface area contributed by atoms with Crippen molar-refractivity contribution in [1.82, 2.24) is 9.78 Å². The van der Waals surface area contributed by atoms with Gasteiger partial charge in [0.25, 0.3) is 0 Å². The minimum Gasteiger partial charge on any atom is -0.268 e. The largest absolute Gasteiger partial charge is 0.268 e. The molecule has 0 fully saturated rings. The molecule has 0 saturated heterocycles. The summed E-state index contributed by atoms with van der Waals surface area (Å²) in [5.41, 5.74) is 2.49. The number of sulfone groups is 1. The maximum absolute atomic E-state index is 12.0.